The quantitative estimate of drug-likeness (QED) is 0.117. The van der Waals surface area contributed by atoms with Gasteiger partial charge in [0, 0.05) is 13.1 Å². The van der Waals surface area contributed by atoms with Gasteiger partial charge in [-0.2, -0.15) is 0 Å². The van der Waals surface area contributed by atoms with Gasteiger partial charge in [-0.1, -0.05) is 0 Å². The van der Waals surface area contributed by atoms with Gasteiger partial charge >= 0.3 is 18.2 Å². The van der Waals surface area contributed by atoms with Crippen molar-refractivity contribution < 1.29 is 48.5 Å². The number of hydrogen-bond acceptors (Lipinski definition) is 9. The molecule has 15 nitrogen and oxygen atoms in total. The summed E-state index contributed by atoms with van der Waals surface area (Å²) in [4.78, 5) is 72.1. The van der Waals surface area contributed by atoms with E-state index in [9.17, 15) is 28.8 Å². The molecule has 0 radical (unpaired) electrons. The standard InChI is InChI=1S/C26H47N5O10/c1-25(2,3)40-23(38)28-14-10-8-12-18(31-24(39)41-26(4,5)6)22(37)30-17(21(36)29-15-20(34)35)11-7-9-13-27-19(33)16-32/h17-18,32H,7-16H2,1-6H3,(H,27,33)(H,28,38)(H,29,36)(H,30,37)(H,31,39)(H,34,35). The highest BCUT2D eigenvalue weighted by Crippen LogP contribution is 2.10. The van der Waals surface area contributed by atoms with Crippen LogP contribution in [0.3, 0.4) is 0 Å². The molecule has 0 aliphatic rings. The van der Waals surface area contributed by atoms with Crippen LogP contribution in [0.4, 0.5) is 9.59 Å². The Hall–Kier alpha value is -3.62. The van der Waals surface area contributed by atoms with E-state index >= 15 is 0 Å². The summed E-state index contributed by atoms with van der Waals surface area (Å²) in [6.45, 7) is 9.40. The van der Waals surface area contributed by atoms with Gasteiger partial charge in [-0.3, -0.25) is 19.2 Å². The molecule has 0 saturated heterocycles. The average Bonchev–Trinajstić information content (AvgIpc) is 2.82. The molecule has 15 heteroatoms. The maximum atomic E-state index is 13.2. The van der Waals surface area contributed by atoms with E-state index in [4.69, 9.17) is 19.7 Å². The lowest BCUT2D eigenvalue weighted by molar-refractivity contribution is -0.138. The van der Waals surface area contributed by atoms with Gasteiger partial charge in [-0.05, 0) is 80.1 Å². The van der Waals surface area contributed by atoms with Crippen molar-refractivity contribution in [3.63, 3.8) is 0 Å². The summed E-state index contributed by atoms with van der Waals surface area (Å²) in [5.74, 6) is -3.22. The molecule has 0 aromatic rings. The van der Waals surface area contributed by atoms with Gasteiger partial charge in [0.25, 0.3) is 0 Å². The number of aliphatic carboxylic acids is 1. The number of aliphatic hydroxyl groups excluding tert-OH is 1. The Morgan fingerprint density at radius 3 is 1.63 bits per heavy atom. The molecule has 41 heavy (non-hydrogen) atoms. The van der Waals surface area contributed by atoms with Crippen molar-refractivity contribution in [2.75, 3.05) is 26.2 Å². The molecule has 2 atom stereocenters. The smallest absolute Gasteiger partial charge is 0.408 e. The summed E-state index contributed by atoms with van der Waals surface area (Å²) < 4.78 is 10.4. The lowest BCUT2D eigenvalue weighted by Crippen LogP contribution is -2.54. The van der Waals surface area contributed by atoms with E-state index in [1.807, 2.05) is 0 Å². The number of carboxylic acids is 1. The number of ether oxygens (including phenoxy) is 2. The molecule has 0 aromatic heterocycles. The average molecular weight is 590 g/mol. The lowest BCUT2D eigenvalue weighted by Gasteiger charge is -2.25. The van der Waals surface area contributed by atoms with Crippen molar-refractivity contribution in [2.24, 2.45) is 0 Å². The molecule has 0 heterocycles. The van der Waals surface area contributed by atoms with E-state index < -0.39 is 72.3 Å². The Morgan fingerprint density at radius 1 is 0.659 bits per heavy atom. The highest BCUT2D eigenvalue weighted by molar-refractivity contribution is 5.92. The minimum absolute atomic E-state index is 0.116. The number of rotatable bonds is 17. The van der Waals surface area contributed by atoms with Crippen LogP contribution in [0, 0.1) is 0 Å². The Labute approximate surface area is 240 Å². The van der Waals surface area contributed by atoms with Crippen LogP contribution in [-0.4, -0.2) is 95.6 Å². The van der Waals surface area contributed by atoms with E-state index in [1.54, 1.807) is 41.5 Å². The van der Waals surface area contributed by atoms with Gasteiger partial charge in [0.15, 0.2) is 0 Å². The third kappa shape index (κ3) is 20.9. The van der Waals surface area contributed by atoms with E-state index in [2.05, 4.69) is 26.6 Å². The molecule has 7 N–H and O–H groups in total. The van der Waals surface area contributed by atoms with Crippen LogP contribution in [0.2, 0.25) is 0 Å². The number of unbranched alkanes of at least 4 members (excludes halogenated alkanes) is 2. The first-order valence-electron chi connectivity index (χ1n) is 13.6. The number of aliphatic hydroxyl groups is 1. The number of carbonyl (C=O) groups is 6. The van der Waals surface area contributed by atoms with Crippen LogP contribution in [0.5, 0.6) is 0 Å². The maximum Gasteiger partial charge on any atom is 0.408 e. The highest BCUT2D eigenvalue weighted by atomic mass is 16.6. The minimum atomic E-state index is -1.26. The molecule has 0 aliphatic heterocycles. The fourth-order valence-corrected chi connectivity index (χ4v) is 3.28. The van der Waals surface area contributed by atoms with Crippen LogP contribution in [-0.2, 0) is 28.7 Å². The van der Waals surface area contributed by atoms with Crippen molar-refractivity contribution in [1.82, 2.24) is 26.6 Å². The number of alkyl carbamates (subject to hydrolysis) is 2. The van der Waals surface area contributed by atoms with Crippen molar-refractivity contribution in [2.45, 2.75) is 103 Å². The lowest BCUT2D eigenvalue weighted by atomic mass is 10.1. The molecule has 236 valence electrons. The molecule has 0 aliphatic carbocycles. The molecular weight excluding hydrogens is 542 g/mol. The van der Waals surface area contributed by atoms with Crippen LogP contribution in [0.15, 0.2) is 0 Å². The first kappa shape index (κ1) is 37.4. The second-order valence-corrected chi connectivity index (χ2v) is 11.3. The Kier molecular flexibility index (Phi) is 17.0. The number of nitrogens with one attached hydrogen (secondary N) is 5. The summed E-state index contributed by atoms with van der Waals surface area (Å²) in [6, 6.07) is -2.21. The first-order chi connectivity index (χ1) is 18.9. The molecule has 0 aromatic carbocycles. The van der Waals surface area contributed by atoms with Gasteiger partial charge in [0.1, 0.15) is 36.4 Å². The molecule has 0 rings (SSSR count). The zero-order chi connectivity index (χ0) is 31.6. The molecule has 5 amide bonds. The van der Waals surface area contributed by atoms with Crippen LogP contribution in [0.25, 0.3) is 0 Å². The Bertz CT molecular complexity index is 883. The first-order valence-corrected chi connectivity index (χ1v) is 13.6. The molecule has 0 bridgehead atoms. The number of carbonyl (C=O) groups excluding carboxylic acids is 5. The molecule has 2 unspecified atom stereocenters. The van der Waals surface area contributed by atoms with Crippen molar-refractivity contribution in [3.05, 3.63) is 0 Å². The zero-order valence-electron chi connectivity index (χ0n) is 24.9. The van der Waals surface area contributed by atoms with E-state index in [0.29, 0.717) is 25.7 Å². The van der Waals surface area contributed by atoms with E-state index in [1.165, 1.54) is 0 Å². The van der Waals surface area contributed by atoms with Crippen LogP contribution >= 0.6 is 0 Å². The number of amides is 5. The maximum absolute atomic E-state index is 13.2. The third-order valence-corrected chi connectivity index (χ3v) is 5.03. The van der Waals surface area contributed by atoms with Crippen LogP contribution in [0.1, 0.15) is 80.1 Å². The van der Waals surface area contributed by atoms with Gasteiger partial charge in [-0.15, -0.1) is 0 Å². The highest BCUT2D eigenvalue weighted by Gasteiger charge is 2.28. The number of carboxylic acid groups (broad SMARTS) is 1. The monoisotopic (exact) mass is 589 g/mol. The summed E-state index contributed by atoms with van der Waals surface area (Å²) in [5.41, 5.74) is -1.47. The van der Waals surface area contributed by atoms with Crippen molar-refractivity contribution in [1.29, 1.82) is 0 Å². The molecule has 0 saturated carbocycles. The second kappa shape index (κ2) is 18.7. The largest absolute Gasteiger partial charge is 0.480 e. The summed E-state index contributed by atoms with van der Waals surface area (Å²) in [7, 11) is 0. The third-order valence-electron chi connectivity index (χ3n) is 5.03. The van der Waals surface area contributed by atoms with Gasteiger partial charge in [0.05, 0.1) is 0 Å². The van der Waals surface area contributed by atoms with Crippen LogP contribution < -0.4 is 26.6 Å². The zero-order valence-corrected chi connectivity index (χ0v) is 24.9. The van der Waals surface area contributed by atoms with Gasteiger partial charge < -0.3 is 46.3 Å². The Balaban J connectivity index is 5.31. The molecular formula is C26H47N5O10. The minimum Gasteiger partial charge on any atom is -0.480 e. The summed E-state index contributed by atoms with van der Waals surface area (Å²) in [6.07, 6.45) is 0.515. The number of hydrogen-bond donors (Lipinski definition) is 7. The fraction of sp³-hybridized carbons (Fsp3) is 0.769. The second-order valence-electron chi connectivity index (χ2n) is 11.3. The van der Waals surface area contributed by atoms with Crippen molar-refractivity contribution >= 4 is 35.9 Å². The topological polar surface area (TPSA) is 221 Å². The van der Waals surface area contributed by atoms with Gasteiger partial charge in [0.2, 0.25) is 17.7 Å². The SMILES string of the molecule is CC(C)(C)OC(=O)NCCCCC(NC(=O)OC(C)(C)C)C(=O)NC(CCCCNC(=O)CO)C(=O)NCC(=O)O. The normalized spacial score (nSPS) is 12.8. The Morgan fingerprint density at radius 2 is 1.15 bits per heavy atom. The predicted octanol–water partition coefficient (Wildman–Crippen LogP) is 0.539. The predicted molar refractivity (Wildman–Crippen MR) is 148 cm³/mol. The molecule has 0 spiro atoms. The van der Waals surface area contributed by atoms with Gasteiger partial charge in [-0.25, -0.2) is 9.59 Å². The summed E-state index contributed by atoms with van der Waals surface area (Å²) in [5, 5.41) is 30.1. The van der Waals surface area contributed by atoms with E-state index in [-0.39, 0.29) is 25.9 Å². The van der Waals surface area contributed by atoms with Crippen molar-refractivity contribution in [3.8, 4) is 0 Å². The fourth-order valence-electron chi connectivity index (χ4n) is 3.28. The summed E-state index contributed by atoms with van der Waals surface area (Å²) >= 11 is 0. The molecule has 0 fully saturated rings. The van der Waals surface area contributed by atoms with E-state index in [0.717, 1.165) is 0 Å².